The van der Waals surface area contributed by atoms with Gasteiger partial charge < -0.3 is 9.64 Å². The molecule has 2 heteroatoms. The van der Waals surface area contributed by atoms with Crippen LogP contribution in [0.25, 0.3) is 66.4 Å². The van der Waals surface area contributed by atoms with Gasteiger partial charge in [0.15, 0.2) is 0 Å². The zero-order valence-electron chi connectivity index (χ0n) is 34.3. The molecule has 1 heterocycles. The number of ether oxygens (including phenoxy) is 1. The van der Waals surface area contributed by atoms with E-state index in [1.807, 2.05) is 0 Å². The van der Waals surface area contributed by atoms with Gasteiger partial charge in [-0.2, -0.15) is 0 Å². The Kier molecular flexibility index (Phi) is 7.36. The SMILES string of the molecule is CC1(C)c2ccccc2-c2ccc(N(c3ccc4c(c3)C(C)(C)c3ccccc3-4)c3cccc4c3-c3cc5ccccc5cc3-c3c(cccc3-c3ccccc3)O4)cc21. The first-order valence-electron chi connectivity index (χ1n) is 21.1. The van der Waals surface area contributed by atoms with Crippen LogP contribution in [0.3, 0.4) is 0 Å². The predicted molar refractivity (Wildman–Crippen MR) is 250 cm³/mol. The van der Waals surface area contributed by atoms with Crippen molar-refractivity contribution in [3.63, 3.8) is 0 Å². The molecule has 3 aliphatic rings. The normalized spacial score (nSPS) is 14.4. The highest BCUT2D eigenvalue weighted by Crippen LogP contribution is 2.58. The third-order valence-corrected chi connectivity index (χ3v) is 13.7. The highest BCUT2D eigenvalue weighted by molar-refractivity contribution is 6.07. The van der Waals surface area contributed by atoms with Crippen molar-refractivity contribution >= 4 is 27.8 Å². The summed E-state index contributed by atoms with van der Waals surface area (Å²) in [5.41, 5.74) is 20.4. The molecule has 12 rings (SSSR count). The molecule has 9 aromatic carbocycles. The van der Waals surface area contributed by atoms with Crippen molar-refractivity contribution in [2.75, 3.05) is 4.90 Å². The Morgan fingerprint density at radius 1 is 0.350 bits per heavy atom. The van der Waals surface area contributed by atoms with E-state index >= 15 is 0 Å². The minimum atomic E-state index is -0.160. The molecule has 2 nitrogen and oxygen atoms in total. The van der Waals surface area contributed by atoms with Gasteiger partial charge >= 0.3 is 0 Å². The third kappa shape index (κ3) is 4.94. The summed E-state index contributed by atoms with van der Waals surface area (Å²) in [6.45, 7) is 9.47. The second-order valence-corrected chi connectivity index (χ2v) is 17.7. The Morgan fingerprint density at radius 3 is 1.42 bits per heavy atom. The lowest BCUT2D eigenvalue weighted by molar-refractivity contribution is 0.488. The number of nitrogens with zero attached hydrogens (tertiary/aromatic N) is 1. The van der Waals surface area contributed by atoms with Gasteiger partial charge in [0.25, 0.3) is 0 Å². The number of rotatable bonds is 4. The van der Waals surface area contributed by atoms with Crippen LogP contribution in [-0.4, -0.2) is 0 Å². The first-order valence-corrected chi connectivity index (χ1v) is 21.1. The lowest BCUT2D eigenvalue weighted by Gasteiger charge is -2.31. The van der Waals surface area contributed by atoms with Crippen LogP contribution in [-0.2, 0) is 10.8 Å². The van der Waals surface area contributed by atoms with E-state index < -0.39 is 0 Å². The summed E-state index contributed by atoms with van der Waals surface area (Å²) in [6.07, 6.45) is 0. The molecule has 0 spiro atoms. The maximum absolute atomic E-state index is 7.21. The van der Waals surface area contributed by atoms with Crippen molar-refractivity contribution in [1.82, 2.24) is 0 Å². The van der Waals surface area contributed by atoms with E-state index in [4.69, 9.17) is 4.74 Å². The average Bonchev–Trinajstić information content (AvgIpc) is 3.58. The van der Waals surface area contributed by atoms with Crippen LogP contribution in [0.4, 0.5) is 17.1 Å². The summed E-state index contributed by atoms with van der Waals surface area (Å²) < 4.78 is 7.21. The van der Waals surface area contributed by atoms with Gasteiger partial charge in [-0.3, -0.25) is 0 Å². The van der Waals surface area contributed by atoms with Gasteiger partial charge in [-0.05, 0) is 132 Å². The molecule has 9 aromatic rings. The molecule has 0 aromatic heterocycles. The fraction of sp³-hybridized carbons (Fsp3) is 0.103. The Bertz CT molecular complexity index is 3140. The quantitative estimate of drug-likeness (QED) is 0.177. The molecule has 286 valence electrons. The van der Waals surface area contributed by atoms with E-state index in [2.05, 4.69) is 221 Å². The smallest absolute Gasteiger partial charge is 0.137 e. The molecular formula is C58H43NO. The van der Waals surface area contributed by atoms with Crippen molar-refractivity contribution in [3.8, 4) is 67.1 Å². The maximum atomic E-state index is 7.21. The van der Waals surface area contributed by atoms with Crippen LogP contribution >= 0.6 is 0 Å². The zero-order valence-corrected chi connectivity index (χ0v) is 34.3. The van der Waals surface area contributed by atoms with E-state index in [1.54, 1.807) is 0 Å². The van der Waals surface area contributed by atoms with Gasteiger partial charge in [-0.1, -0.05) is 161 Å². The van der Waals surface area contributed by atoms with Crippen molar-refractivity contribution in [2.24, 2.45) is 0 Å². The Hall–Kier alpha value is -7.16. The number of fused-ring (bicyclic) bond motifs is 12. The summed E-state index contributed by atoms with van der Waals surface area (Å²) >= 11 is 0. The van der Waals surface area contributed by atoms with E-state index in [1.165, 1.54) is 55.3 Å². The van der Waals surface area contributed by atoms with Gasteiger partial charge in [0.1, 0.15) is 11.5 Å². The first-order chi connectivity index (χ1) is 29.3. The first kappa shape index (κ1) is 34.8. The second kappa shape index (κ2) is 12.7. The monoisotopic (exact) mass is 769 g/mol. The summed E-state index contributed by atoms with van der Waals surface area (Å²) in [5.74, 6) is 1.69. The molecule has 0 radical (unpaired) electrons. The molecule has 0 bridgehead atoms. The Labute approximate surface area is 352 Å². The van der Waals surface area contributed by atoms with Crippen molar-refractivity contribution in [3.05, 3.63) is 210 Å². The largest absolute Gasteiger partial charge is 0.456 e. The topological polar surface area (TPSA) is 12.5 Å². The molecule has 2 aliphatic carbocycles. The van der Waals surface area contributed by atoms with Crippen LogP contribution < -0.4 is 9.64 Å². The molecule has 0 saturated carbocycles. The third-order valence-electron chi connectivity index (χ3n) is 13.7. The highest BCUT2D eigenvalue weighted by Gasteiger charge is 2.38. The molecular weight excluding hydrogens is 727 g/mol. The average molecular weight is 770 g/mol. The maximum Gasteiger partial charge on any atom is 0.137 e. The van der Waals surface area contributed by atoms with Gasteiger partial charge in [-0.25, -0.2) is 0 Å². The van der Waals surface area contributed by atoms with E-state index in [0.29, 0.717) is 0 Å². The minimum absolute atomic E-state index is 0.160. The van der Waals surface area contributed by atoms with Gasteiger partial charge in [0.2, 0.25) is 0 Å². The van der Waals surface area contributed by atoms with Gasteiger partial charge in [0, 0.05) is 33.3 Å². The van der Waals surface area contributed by atoms with Crippen LogP contribution in [0.2, 0.25) is 0 Å². The van der Waals surface area contributed by atoms with E-state index in [0.717, 1.165) is 61.9 Å². The molecule has 0 unspecified atom stereocenters. The second-order valence-electron chi connectivity index (χ2n) is 17.7. The lowest BCUT2D eigenvalue weighted by atomic mass is 9.82. The predicted octanol–water partition coefficient (Wildman–Crippen LogP) is 16.0. The summed E-state index contributed by atoms with van der Waals surface area (Å²) in [4.78, 5) is 2.49. The highest BCUT2D eigenvalue weighted by atomic mass is 16.5. The summed E-state index contributed by atoms with van der Waals surface area (Å²) in [7, 11) is 0. The Balaban J connectivity index is 1.15. The van der Waals surface area contributed by atoms with Crippen LogP contribution in [0.1, 0.15) is 49.9 Å². The van der Waals surface area contributed by atoms with Crippen molar-refractivity contribution in [2.45, 2.75) is 38.5 Å². The minimum Gasteiger partial charge on any atom is -0.456 e. The van der Waals surface area contributed by atoms with Crippen molar-refractivity contribution in [1.29, 1.82) is 0 Å². The molecule has 0 amide bonds. The van der Waals surface area contributed by atoms with E-state index in [9.17, 15) is 0 Å². The standard InChI is InChI=1S/C58H43NO/c1-57(2)48-23-12-10-20-42(48)44-30-28-39(34-50(44)57)59(40-29-31-45-43-21-11-13-24-49(43)58(3,4)51(45)35-40)52-25-15-27-54-56(52)47-33-38-19-9-8-18-37(38)32-46(47)55-41(22-14-26-53(55)60-54)36-16-6-5-7-17-36/h5-35H,1-4H3. The number of anilines is 3. The van der Waals surface area contributed by atoms with Crippen LogP contribution in [0, 0.1) is 0 Å². The summed E-state index contributed by atoms with van der Waals surface area (Å²) in [6, 6.07) is 69.3. The van der Waals surface area contributed by atoms with E-state index in [-0.39, 0.29) is 10.8 Å². The Morgan fingerprint density at radius 2 is 0.817 bits per heavy atom. The lowest BCUT2D eigenvalue weighted by Crippen LogP contribution is -2.18. The summed E-state index contributed by atoms with van der Waals surface area (Å²) in [5, 5.41) is 2.39. The number of hydrogen-bond donors (Lipinski definition) is 0. The molecule has 1 aliphatic heterocycles. The van der Waals surface area contributed by atoms with Crippen molar-refractivity contribution < 1.29 is 4.74 Å². The fourth-order valence-corrected chi connectivity index (χ4v) is 10.7. The van der Waals surface area contributed by atoms with Gasteiger partial charge in [0.05, 0.1) is 5.69 Å². The molecule has 0 N–H and O–H groups in total. The molecule has 0 saturated heterocycles. The number of hydrogen-bond acceptors (Lipinski definition) is 2. The molecule has 60 heavy (non-hydrogen) atoms. The van der Waals surface area contributed by atoms with Crippen LogP contribution in [0.5, 0.6) is 11.5 Å². The number of benzene rings is 9. The zero-order chi connectivity index (χ0) is 40.3. The van der Waals surface area contributed by atoms with Crippen LogP contribution in [0.15, 0.2) is 188 Å². The molecule has 0 fully saturated rings. The van der Waals surface area contributed by atoms with Gasteiger partial charge in [-0.15, -0.1) is 0 Å². The fourth-order valence-electron chi connectivity index (χ4n) is 10.7. The molecule has 0 atom stereocenters.